The Hall–Kier alpha value is -3.58. The smallest absolute Gasteiger partial charge is 0.251 e. The first kappa shape index (κ1) is 21.6. The highest BCUT2D eigenvalue weighted by molar-refractivity contribution is 7.98. The van der Waals surface area contributed by atoms with Crippen molar-refractivity contribution < 1.29 is 9.59 Å². The van der Waals surface area contributed by atoms with Gasteiger partial charge in [0.2, 0.25) is 5.91 Å². The molecule has 0 bridgehead atoms. The zero-order chi connectivity index (χ0) is 22.5. The van der Waals surface area contributed by atoms with Crippen molar-refractivity contribution in [2.75, 3.05) is 11.9 Å². The Labute approximate surface area is 190 Å². The van der Waals surface area contributed by atoms with Gasteiger partial charge in [0.15, 0.2) is 5.16 Å². The van der Waals surface area contributed by atoms with E-state index in [1.165, 1.54) is 0 Å². The van der Waals surface area contributed by atoms with Crippen molar-refractivity contribution in [1.29, 1.82) is 0 Å². The lowest BCUT2D eigenvalue weighted by Crippen LogP contribution is -2.33. The number of aryl methyl sites for hydroxylation is 2. The second kappa shape index (κ2) is 9.70. The fourth-order valence-corrected chi connectivity index (χ4v) is 4.20. The molecule has 0 saturated heterocycles. The number of carbonyl (C=O) groups excluding carboxylic acids is 2. The van der Waals surface area contributed by atoms with Crippen LogP contribution in [0.5, 0.6) is 0 Å². The first-order valence-electron chi connectivity index (χ1n) is 10.3. The molecule has 0 radical (unpaired) electrons. The van der Waals surface area contributed by atoms with Gasteiger partial charge in [-0.05, 0) is 54.8 Å². The molecule has 32 heavy (non-hydrogen) atoms. The normalized spacial score (nSPS) is 10.8. The number of thioether (sulfide) groups is 1. The monoisotopic (exact) mass is 444 g/mol. The van der Waals surface area contributed by atoms with E-state index in [9.17, 15) is 9.59 Å². The minimum atomic E-state index is -0.279. The summed E-state index contributed by atoms with van der Waals surface area (Å²) in [7, 11) is 0. The predicted octanol–water partition coefficient (Wildman–Crippen LogP) is 4.84. The summed E-state index contributed by atoms with van der Waals surface area (Å²) in [4.78, 5) is 32.5. The fourth-order valence-electron chi connectivity index (χ4n) is 3.36. The van der Waals surface area contributed by atoms with Crippen LogP contribution in [0.15, 0.2) is 71.9 Å². The number of hydrogen-bond donors (Lipinski definition) is 3. The second-order valence-electron chi connectivity index (χ2n) is 7.54. The average molecular weight is 445 g/mol. The van der Waals surface area contributed by atoms with Crippen LogP contribution in [0.4, 0.5) is 5.69 Å². The van der Waals surface area contributed by atoms with Gasteiger partial charge in [0.05, 0.1) is 17.6 Å². The van der Waals surface area contributed by atoms with Crippen molar-refractivity contribution in [3.05, 3.63) is 89.0 Å². The molecule has 0 saturated carbocycles. The van der Waals surface area contributed by atoms with Gasteiger partial charge >= 0.3 is 0 Å². The first-order valence-corrected chi connectivity index (χ1v) is 11.3. The highest BCUT2D eigenvalue weighted by atomic mass is 32.2. The fraction of sp³-hybridized carbons (Fsp3) is 0.160. The van der Waals surface area contributed by atoms with E-state index in [0.29, 0.717) is 5.56 Å². The Kier molecular flexibility index (Phi) is 6.56. The van der Waals surface area contributed by atoms with E-state index in [2.05, 4.69) is 20.6 Å². The molecule has 3 aromatic carbocycles. The number of H-pyrrole nitrogens is 1. The van der Waals surface area contributed by atoms with Crippen LogP contribution < -0.4 is 10.6 Å². The van der Waals surface area contributed by atoms with Gasteiger partial charge in [-0.1, -0.05) is 54.2 Å². The van der Waals surface area contributed by atoms with Crippen molar-refractivity contribution in [1.82, 2.24) is 15.3 Å². The summed E-state index contributed by atoms with van der Waals surface area (Å²) >= 11 is 1.61. The number of fused-ring (bicyclic) bond motifs is 1. The highest BCUT2D eigenvalue weighted by Gasteiger charge is 2.11. The molecule has 2 amide bonds. The zero-order valence-electron chi connectivity index (χ0n) is 17.9. The quantitative estimate of drug-likeness (QED) is 0.356. The lowest BCUT2D eigenvalue weighted by molar-refractivity contribution is -0.115. The number of para-hydroxylation sites is 3. The van der Waals surface area contributed by atoms with Gasteiger partial charge in [0, 0.05) is 17.0 Å². The number of aromatic amines is 1. The van der Waals surface area contributed by atoms with Gasteiger partial charge in [-0.15, -0.1) is 0 Å². The number of nitrogens with one attached hydrogen (secondary N) is 3. The molecular formula is C25H24N4O2S. The third kappa shape index (κ3) is 5.18. The summed E-state index contributed by atoms with van der Waals surface area (Å²) in [6.07, 6.45) is 0. The maximum absolute atomic E-state index is 12.4. The van der Waals surface area contributed by atoms with Gasteiger partial charge in [-0.2, -0.15) is 0 Å². The molecule has 1 aromatic heterocycles. The maximum Gasteiger partial charge on any atom is 0.251 e. The lowest BCUT2D eigenvalue weighted by Gasteiger charge is -2.12. The Bertz CT molecular complexity index is 1210. The summed E-state index contributed by atoms with van der Waals surface area (Å²) in [5, 5.41) is 6.41. The molecule has 1 heterocycles. The van der Waals surface area contributed by atoms with E-state index in [-0.39, 0.29) is 18.4 Å². The Morgan fingerprint density at radius 2 is 1.66 bits per heavy atom. The maximum atomic E-state index is 12.4. The van der Waals surface area contributed by atoms with Crippen LogP contribution in [-0.4, -0.2) is 28.3 Å². The Morgan fingerprint density at radius 1 is 0.938 bits per heavy atom. The van der Waals surface area contributed by atoms with Crippen molar-refractivity contribution in [3.8, 4) is 0 Å². The number of amides is 2. The minimum absolute atomic E-state index is 0.0870. The highest BCUT2D eigenvalue weighted by Crippen LogP contribution is 2.23. The van der Waals surface area contributed by atoms with Crippen LogP contribution in [0.25, 0.3) is 11.0 Å². The first-order chi connectivity index (χ1) is 15.5. The van der Waals surface area contributed by atoms with E-state index >= 15 is 0 Å². The number of aromatic nitrogens is 2. The van der Waals surface area contributed by atoms with E-state index < -0.39 is 0 Å². The molecule has 4 aromatic rings. The number of imidazole rings is 1. The molecule has 4 rings (SSSR count). The summed E-state index contributed by atoms with van der Waals surface area (Å²) < 4.78 is 0. The molecule has 6 nitrogen and oxygen atoms in total. The zero-order valence-corrected chi connectivity index (χ0v) is 18.8. The molecule has 0 aliphatic carbocycles. The van der Waals surface area contributed by atoms with Gasteiger partial charge in [0.25, 0.3) is 5.91 Å². The standard InChI is InChI=1S/C25H24N4O2S/c1-16-6-5-7-17(2)23(16)29-22(30)14-26-24(31)19-12-10-18(11-13-19)15-32-25-27-20-8-3-4-9-21(20)28-25/h3-13H,14-15H2,1-2H3,(H,26,31)(H,27,28)(H,29,30). The van der Waals surface area contributed by atoms with Crippen LogP contribution in [0, 0.1) is 13.8 Å². The molecule has 0 aliphatic rings. The summed E-state index contributed by atoms with van der Waals surface area (Å²) in [6, 6.07) is 21.1. The van der Waals surface area contributed by atoms with Crippen molar-refractivity contribution in [2.45, 2.75) is 24.8 Å². The van der Waals surface area contributed by atoms with E-state index in [1.807, 2.05) is 68.4 Å². The number of hydrogen-bond acceptors (Lipinski definition) is 4. The molecule has 3 N–H and O–H groups in total. The van der Waals surface area contributed by atoms with Crippen LogP contribution in [0.1, 0.15) is 27.0 Å². The van der Waals surface area contributed by atoms with E-state index in [0.717, 1.165) is 44.3 Å². The van der Waals surface area contributed by atoms with Gasteiger partial charge in [-0.3, -0.25) is 9.59 Å². The molecule has 7 heteroatoms. The molecule has 0 aliphatic heterocycles. The summed E-state index contributed by atoms with van der Waals surface area (Å²) in [5.74, 6) is 0.202. The predicted molar refractivity (Wildman–Crippen MR) is 129 cm³/mol. The largest absolute Gasteiger partial charge is 0.343 e. The Balaban J connectivity index is 1.28. The number of carbonyl (C=O) groups is 2. The van der Waals surface area contributed by atoms with Gasteiger partial charge in [-0.25, -0.2) is 4.98 Å². The SMILES string of the molecule is Cc1cccc(C)c1NC(=O)CNC(=O)c1ccc(CSc2nc3ccccc3[nH]2)cc1. The van der Waals surface area contributed by atoms with Crippen LogP contribution in [-0.2, 0) is 10.5 Å². The third-order valence-electron chi connectivity index (χ3n) is 5.11. The molecule has 0 atom stereocenters. The van der Waals surface area contributed by atoms with E-state index in [1.54, 1.807) is 23.9 Å². The molecule has 0 unspecified atom stereocenters. The molecule has 162 valence electrons. The van der Waals surface area contributed by atoms with Crippen molar-refractivity contribution in [3.63, 3.8) is 0 Å². The second-order valence-corrected chi connectivity index (χ2v) is 8.51. The number of rotatable bonds is 7. The van der Waals surface area contributed by atoms with Gasteiger partial charge < -0.3 is 15.6 Å². The number of anilines is 1. The molecular weight excluding hydrogens is 420 g/mol. The summed E-state index contributed by atoms with van der Waals surface area (Å²) in [5.41, 5.74) is 6.33. The lowest BCUT2D eigenvalue weighted by atomic mass is 10.1. The van der Waals surface area contributed by atoms with Crippen molar-refractivity contribution in [2.24, 2.45) is 0 Å². The topological polar surface area (TPSA) is 86.9 Å². The van der Waals surface area contributed by atoms with Crippen LogP contribution in [0.2, 0.25) is 0 Å². The van der Waals surface area contributed by atoms with Gasteiger partial charge in [0.1, 0.15) is 0 Å². The van der Waals surface area contributed by atoms with E-state index in [4.69, 9.17) is 0 Å². The summed E-state index contributed by atoms with van der Waals surface area (Å²) in [6.45, 7) is 3.79. The average Bonchev–Trinajstić information content (AvgIpc) is 3.22. The number of benzene rings is 3. The molecule has 0 spiro atoms. The Morgan fingerprint density at radius 3 is 2.38 bits per heavy atom. The van der Waals surface area contributed by atoms with Crippen LogP contribution >= 0.6 is 11.8 Å². The van der Waals surface area contributed by atoms with Crippen LogP contribution in [0.3, 0.4) is 0 Å². The minimum Gasteiger partial charge on any atom is -0.343 e. The molecule has 0 fully saturated rings. The van der Waals surface area contributed by atoms with Crippen molar-refractivity contribution >= 4 is 40.3 Å². The third-order valence-corrected chi connectivity index (χ3v) is 6.06. The number of nitrogens with zero attached hydrogens (tertiary/aromatic N) is 1.